The molecule has 0 saturated heterocycles. The second-order valence-electron chi connectivity index (χ2n) is 5.59. The topological polar surface area (TPSA) is 46.2 Å². The summed E-state index contributed by atoms with van der Waals surface area (Å²) in [4.78, 5) is 24.9. The van der Waals surface area contributed by atoms with Gasteiger partial charge in [0.05, 0.1) is 0 Å². The van der Waals surface area contributed by atoms with Crippen molar-refractivity contribution in [1.82, 2.24) is 0 Å². The van der Waals surface area contributed by atoms with E-state index in [0.29, 0.717) is 22.4 Å². The molecule has 128 valence electrons. The maximum Gasteiger partial charge on any atom is 0.195 e. The SMILES string of the molecule is O=C(/C=C\Nc1ccccc1C(=O)c1ccccc1)c1ccc(I)cc1. The van der Waals surface area contributed by atoms with Gasteiger partial charge in [-0.25, -0.2) is 0 Å². The van der Waals surface area contributed by atoms with Gasteiger partial charge in [-0.1, -0.05) is 54.6 Å². The van der Waals surface area contributed by atoms with Crippen LogP contribution >= 0.6 is 22.6 Å². The lowest BCUT2D eigenvalue weighted by Gasteiger charge is -2.08. The molecule has 3 rings (SSSR count). The number of benzene rings is 3. The number of halogens is 1. The largest absolute Gasteiger partial charge is 0.361 e. The molecule has 0 aliphatic heterocycles. The lowest BCUT2D eigenvalue weighted by molar-refractivity contribution is 0.103. The van der Waals surface area contributed by atoms with Crippen molar-refractivity contribution in [3.05, 3.63) is 111 Å². The van der Waals surface area contributed by atoms with Crippen molar-refractivity contribution in [3.63, 3.8) is 0 Å². The Morgan fingerprint density at radius 2 is 1.42 bits per heavy atom. The van der Waals surface area contributed by atoms with Crippen LogP contribution in [0.5, 0.6) is 0 Å². The molecule has 0 bridgehead atoms. The summed E-state index contributed by atoms with van der Waals surface area (Å²) in [5.41, 5.74) is 2.47. The Morgan fingerprint density at radius 3 is 2.15 bits per heavy atom. The fourth-order valence-corrected chi connectivity index (χ4v) is 2.83. The van der Waals surface area contributed by atoms with Crippen molar-refractivity contribution in [2.45, 2.75) is 0 Å². The highest BCUT2D eigenvalue weighted by atomic mass is 127. The van der Waals surface area contributed by atoms with Crippen LogP contribution < -0.4 is 5.32 Å². The third-order valence-corrected chi connectivity index (χ3v) is 4.53. The molecule has 0 unspecified atom stereocenters. The first-order valence-corrected chi connectivity index (χ1v) is 9.15. The smallest absolute Gasteiger partial charge is 0.195 e. The summed E-state index contributed by atoms with van der Waals surface area (Å²) in [5, 5.41) is 3.05. The zero-order chi connectivity index (χ0) is 18.4. The average molecular weight is 453 g/mol. The van der Waals surface area contributed by atoms with Crippen LogP contribution in [0.4, 0.5) is 5.69 Å². The van der Waals surface area contributed by atoms with E-state index in [0.717, 1.165) is 3.57 Å². The normalized spacial score (nSPS) is 10.7. The van der Waals surface area contributed by atoms with Gasteiger partial charge in [0.25, 0.3) is 0 Å². The molecule has 3 nitrogen and oxygen atoms in total. The minimum Gasteiger partial charge on any atom is -0.361 e. The number of carbonyl (C=O) groups excluding carboxylic acids is 2. The third kappa shape index (κ3) is 4.46. The average Bonchev–Trinajstić information content (AvgIpc) is 2.69. The van der Waals surface area contributed by atoms with E-state index >= 15 is 0 Å². The lowest BCUT2D eigenvalue weighted by atomic mass is 10.0. The molecule has 26 heavy (non-hydrogen) atoms. The monoisotopic (exact) mass is 453 g/mol. The Balaban J connectivity index is 1.75. The van der Waals surface area contributed by atoms with Crippen LogP contribution in [0.25, 0.3) is 0 Å². The quantitative estimate of drug-likeness (QED) is 0.312. The van der Waals surface area contributed by atoms with Crippen LogP contribution in [0.15, 0.2) is 91.1 Å². The summed E-state index contributed by atoms with van der Waals surface area (Å²) in [7, 11) is 0. The fourth-order valence-electron chi connectivity index (χ4n) is 2.47. The summed E-state index contributed by atoms with van der Waals surface area (Å²) >= 11 is 2.20. The van der Waals surface area contributed by atoms with Gasteiger partial charge in [0.1, 0.15) is 0 Å². The van der Waals surface area contributed by atoms with Crippen molar-refractivity contribution in [2.24, 2.45) is 0 Å². The van der Waals surface area contributed by atoms with Crippen molar-refractivity contribution in [2.75, 3.05) is 5.32 Å². The summed E-state index contributed by atoms with van der Waals surface area (Å²) in [6.07, 6.45) is 3.03. The van der Waals surface area contributed by atoms with E-state index in [1.165, 1.54) is 6.08 Å². The van der Waals surface area contributed by atoms with E-state index in [-0.39, 0.29) is 11.6 Å². The van der Waals surface area contributed by atoms with Crippen molar-refractivity contribution in [1.29, 1.82) is 0 Å². The minimum atomic E-state index is -0.0965. The van der Waals surface area contributed by atoms with Crippen LogP contribution in [0, 0.1) is 3.57 Å². The van der Waals surface area contributed by atoms with Gasteiger partial charge in [0.15, 0.2) is 11.6 Å². The highest BCUT2D eigenvalue weighted by Crippen LogP contribution is 2.19. The van der Waals surface area contributed by atoms with Gasteiger partial charge in [-0.05, 0) is 46.9 Å². The van der Waals surface area contributed by atoms with Gasteiger partial charge in [-0.2, -0.15) is 0 Å². The highest BCUT2D eigenvalue weighted by molar-refractivity contribution is 14.1. The summed E-state index contributed by atoms with van der Waals surface area (Å²) in [6.45, 7) is 0. The number of rotatable bonds is 6. The van der Waals surface area contributed by atoms with E-state index in [9.17, 15) is 9.59 Å². The molecule has 0 aliphatic carbocycles. The highest BCUT2D eigenvalue weighted by Gasteiger charge is 2.12. The zero-order valence-corrected chi connectivity index (χ0v) is 16.0. The molecule has 0 fully saturated rings. The molecule has 0 aromatic heterocycles. The van der Waals surface area contributed by atoms with Crippen LogP contribution in [0.2, 0.25) is 0 Å². The van der Waals surface area contributed by atoms with Crippen LogP contribution in [0.1, 0.15) is 26.3 Å². The van der Waals surface area contributed by atoms with Crippen LogP contribution in [-0.4, -0.2) is 11.6 Å². The van der Waals surface area contributed by atoms with Crippen molar-refractivity contribution >= 4 is 39.8 Å². The number of hydrogen-bond acceptors (Lipinski definition) is 3. The van der Waals surface area contributed by atoms with Gasteiger partial charge >= 0.3 is 0 Å². The Labute approximate surface area is 165 Å². The molecule has 0 saturated carbocycles. The molecule has 0 heterocycles. The Bertz CT molecular complexity index is 947. The standard InChI is InChI=1S/C22H16INO2/c23-18-12-10-16(11-13-18)21(25)14-15-24-20-9-5-4-8-19(20)22(26)17-6-2-1-3-7-17/h1-15,24H/b15-14-. The van der Waals surface area contributed by atoms with Gasteiger partial charge in [0, 0.05) is 38.2 Å². The maximum atomic E-state index is 12.7. The second kappa shape index (κ2) is 8.58. The van der Waals surface area contributed by atoms with E-state index < -0.39 is 0 Å². The first-order chi connectivity index (χ1) is 12.6. The fraction of sp³-hybridized carbons (Fsp3) is 0. The first kappa shape index (κ1) is 18.1. The van der Waals surface area contributed by atoms with E-state index in [1.807, 2.05) is 48.5 Å². The number of hydrogen-bond donors (Lipinski definition) is 1. The molecule has 3 aromatic rings. The summed E-state index contributed by atoms with van der Waals surface area (Å²) < 4.78 is 1.08. The Kier molecular flexibility index (Phi) is 5.96. The number of carbonyl (C=O) groups is 2. The van der Waals surface area contributed by atoms with Gasteiger partial charge in [-0.3, -0.25) is 9.59 Å². The predicted molar refractivity (Wildman–Crippen MR) is 113 cm³/mol. The zero-order valence-electron chi connectivity index (χ0n) is 13.9. The number of allylic oxidation sites excluding steroid dienone is 1. The number of anilines is 1. The van der Waals surface area contributed by atoms with E-state index in [4.69, 9.17) is 0 Å². The molecule has 0 aliphatic rings. The first-order valence-electron chi connectivity index (χ1n) is 8.07. The Morgan fingerprint density at radius 1 is 0.769 bits per heavy atom. The minimum absolute atomic E-state index is 0.0638. The van der Waals surface area contributed by atoms with Crippen LogP contribution in [-0.2, 0) is 0 Å². The molecule has 1 N–H and O–H groups in total. The molecule has 4 heteroatoms. The molecule has 0 spiro atoms. The predicted octanol–water partition coefficient (Wildman–Crippen LogP) is 5.33. The summed E-state index contributed by atoms with van der Waals surface area (Å²) in [5.74, 6) is -0.160. The second-order valence-corrected chi connectivity index (χ2v) is 6.84. The van der Waals surface area contributed by atoms with Crippen LogP contribution in [0.3, 0.4) is 0 Å². The molecule has 3 aromatic carbocycles. The molecule has 0 radical (unpaired) electrons. The van der Waals surface area contributed by atoms with Crippen molar-refractivity contribution < 1.29 is 9.59 Å². The summed E-state index contributed by atoms with van der Waals surface area (Å²) in [6, 6.07) is 23.7. The number of para-hydroxylation sites is 1. The van der Waals surface area contributed by atoms with E-state index in [2.05, 4.69) is 27.9 Å². The maximum absolute atomic E-state index is 12.7. The number of ketones is 2. The third-order valence-electron chi connectivity index (χ3n) is 3.81. The van der Waals surface area contributed by atoms with Crippen molar-refractivity contribution in [3.8, 4) is 0 Å². The van der Waals surface area contributed by atoms with Gasteiger partial charge < -0.3 is 5.32 Å². The molecule has 0 amide bonds. The molecule has 0 atom stereocenters. The molecular weight excluding hydrogens is 437 g/mol. The molecular formula is C22H16INO2. The Hall–Kier alpha value is -2.73. The van der Waals surface area contributed by atoms with E-state index in [1.54, 1.807) is 36.5 Å². The van der Waals surface area contributed by atoms with Gasteiger partial charge in [0.2, 0.25) is 0 Å². The number of nitrogens with one attached hydrogen (secondary N) is 1. The lowest BCUT2D eigenvalue weighted by Crippen LogP contribution is -2.05. The van der Waals surface area contributed by atoms with Gasteiger partial charge in [-0.15, -0.1) is 0 Å².